The van der Waals surface area contributed by atoms with Gasteiger partial charge in [-0.3, -0.25) is 9.59 Å². The van der Waals surface area contributed by atoms with Gasteiger partial charge in [-0.2, -0.15) is 0 Å². The zero-order valence-corrected chi connectivity index (χ0v) is 7.06. The largest absolute Gasteiger partial charge is 0.480 e. The number of β-lactam (4-membered cyclic amide) rings is 1. The SMILES string of the molecule is CC1C(=O)[C@@H]2CC(=O)N2C1C(=O)O. The molecule has 5 nitrogen and oxygen atoms in total. The molecule has 5 heteroatoms. The Hall–Kier alpha value is -1.39. The third kappa shape index (κ3) is 0.839. The van der Waals surface area contributed by atoms with Crippen molar-refractivity contribution in [1.29, 1.82) is 0 Å². The third-order valence-corrected chi connectivity index (χ3v) is 2.80. The Labute approximate surface area is 74.3 Å². The zero-order valence-electron chi connectivity index (χ0n) is 7.06. The summed E-state index contributed by atoms with van der Waals surface area (Å²) in [5.41, 5.74) is 0. The molecule has 0 aliphatic carbocycles. The maximum absolute atomic E-state index is 11.4. The molecule has 70 valence electrons. The van der Waals surface area contributed by atoms with Crippen LogP contribution in [-0.4, -0.2) is 39.7 Å². The highest BCUT2D eigenvalue weighted by Crippen LogP contribution is 2.36. The molecule has 0 spiro atoms. The minimum Gasteiger partial charge on any atom is -0.480 e. The van der Waals surface area contributed by atoms with E-state index in [2.05, 4.69) is 0 Å². The molecule has 0 radical (unpaired) electrons. The van der Waals surface area contributed by atoms with Gasteiger partial charge in [-0.25, -0.2) is 4.79 Å². The first kappa shape index (κ1) is 8.22. The van der Waals surface area contributed by atoms with Gasteiger partial charge in [0.05, 0.1) is 6.42 Å². The maximum atomic E-state index is 11.4. The second-order valence-corrected chi connectivity index (χ2v) is 3.50. The van der Waals surface area contributed by atoms with E-state index in [0.717, 1.165) is 0 Å². The molecule has 1 amide bonds. The molecule has 2 aliphatic rings. The highest BCUT2D eigenvalue weighted by atomic mass is 16.4. The molecule has 2 heterocycles. The van der Waals surface area contributed by atoms with Gasteiger partial charge < -0.3 is 10.0 Å². The Bertz CT molecular complexity index is 311. The average Bonchev–Trinajstić information content (AvgIpc) is 2.24. The summed E-state index contributed by atoms with van der Waals surface area (Å²) in [6.07, 6.45) is 0.187. The van der Waals surface area contributed by atoms with Crippen LogP contribution < -0.4 is 0 Å². The molecule has 2 unspecified atom stereocenters. The number of nitrogens with zero attached hydrogens (tertiary/aromatic N) is 1. The molecule has 13 heavy (non-hydrogen) atoms. The molecule has 2 fully saturated rings. The van der Waals surface area contributed by atoms with Crippen LogP contribution in [0.25, 0.3) is 0 Å². The van der Waals surface area contributed by atoms with E-state index in [1.165, 1.54) is 4.90 Å². The quantitative estimate of drug-likeness (QED) is 0.543. The monoisotopic (exact) mass is 183 g/mol. The molecule has 0 aromatic heterocycles. The van der Waals surface area contributed by atoms with E-state index in [1.807, 2.05) is 0 Å². The number of aliphatic carboxylic acids is 1. The van der Waals surface area contributed by atoms with Crippen LogP contribution in [0.5, 0.6) is 0 Å². The number of carboxylic acids is 1. The lowest BCUT2D eigenvalue weighted by atomic mass is 9.98. The Morgan fingerprint density at radius 3 is 2.54 bits per heavy atom. The summed E-state index contributed by atoms with van der Waals surface area (Å²) in [5.74, 6) is -1.99. The van der Waals surface area contributed by atoms with Crippen LogP contribution in [-0.2, 0) is 14.4 Å². The molecule has 0 aromatic rings. The number of carbonyl (C=O) groups excluding carboxylic acids is 2. The van der Waals surface area contributed by atoms with Crippen LogP contribution in [0.4, 0.5) is 0 Å². The van der Waals surface area contributed by atoms with E-state index in [4.69, 9.17) is 5.11 Å². The number of fused-ring (bicyclic) bond motifs is 1. The van der Waals surface area contributed by atoms with Crippen molar-refractivity contribution in [3.05, 3.63) is 0 Å². The average molecular weight is 183 g/mol. The van der Waals surface area contributed by atoms with Gasteiger partial charge in [-0.05, 0) is 0 Å². The molecule has 2 saturated heterocycles. The summed E-state index contributed by atoms with van der Waals surface area (Å²) < 4.78 is 0. The lowest BCUT2D eigenvalue weighted by Gasteiger charge is -2.35. The second kappa shape index (κ2) is 2.31. The predicted octanol–water partition coefficient (Wildman–Crippen LogP) is -0.741. The van der Waals surface area contributed by atoms with Crippen LogP contribution in [0.15, 0.2) is 0 Å². The van der Waals surface area contributed by atoms with Crippen LogP contribution in [0.2, 0.25) is 0 Å². The van der Waals surface area contributed by atoms with Crippen molar-refractivity contribution in [2.75, 3.05) is 0 Å². The number of rotatable bonds is 1. The minimum atomic E-state index is -1.09. The van der Waals surface area contributed by atoms with Crippen LogP contribution >= 0.6 is 0 Å². The van der Waals surface area contributed by atoms with Gasteiger partial charge in [-0.1, -0.05) is 6.92 Å². The van der Waals surface area contributed by atoms with Gasteiger partial charge >= 0.3 is 5.97 Å². The number of carbonyl (C=O) groups is 3. The number of carboxylic acid groups (broad SMARTS) is 1. The topological polar surface area (TPSA) is 74.7 Å². The van der Waals surface area contributed by atoms with Crippen molar-refractivity contribution in [3.8, 4) is 0 Å². The number of ketones is 1. The summed E-state index contributed by atoms with van der Waals surface area (Å²) in [6.45, 7) is 1.56. The molecule has 0 aromatic carbocycles. The first-order valence-corrected chi connectivity index (χ1v) is 4.11. The number of hydrogen-bond donors (Lipinski definition) is 1. The van der Waals surface area contributed by atoms with Gasteiger partial charge in [0.15, 0.2) is 5.78 Å². The van der Waals surface area contributed by atoms with Crippen molar-refractivity contribution in [2.24, 2.45) is 5.92 Å². The van der Waals surface area contributed by atoms with E-state index < -0.39 is 24.0 Å². The lowest BCUT2D eigenvalue weighted by Crippen LogP contribution is -2.55. The number of hydrogen-bond acceptors (Lipinski definition) is 3. The van der Waals surface area contributed by atoms with Crippen molar-refractivity contribution >= 4 is 17.7 Å². The number of amides is 1. The summed E-state index contributed by atoms with van der Waals surface area (Å²) in [4.78, 5) is 34.3. The van der Waals surface area contributed by atoms with E-state index >= 15 is 0 Å². The van der Waals surface area contributed by atoms with Gasteiger partial charge in [0.2, 0.25) is 5.91 Å². The van der Waals surface area contributed by atoms with Gasteiger partial charge in [0.1, 0.15) is 12.1 Å². The smallest absolute Gasteiger partial charge is 0.327 e. The van der Waals surface area contributed by atoms with Gasteiger partial charge in [-0.15, -0.1) is 0 Å². The molecule has 3 atom stereocenters. The molecule has 0 saturated carbocycles. The van der Waals surface area contributed by atoms with Crippen LogP contribution in [0, 0.1) is 5.92 Å². The van der Waals surface area contributed by atoms with Gasteiger partial charge in [0, 0.05) is 5.92 Å². The standard InChI is InChI=1S/C8H9NO4/c1-3-6(8(12)13)9-4(7(3)11)2-5(9)10/h3-4,6H,2H2,1H3,(H,12,13)/t3?,4-,6?/m0/s1. The second-order valence-electron chi connectivity index (χ2n) is 3.50. The molecule has 2 aliphatic heterocycles. The van der Waals surface area contributed by atoms with E-state index in [1.54, 1.807) is 6.92 Å². The van der Waals surface area contributed by atoms with E-state index in [0.29, 0.717) is 0 Å². The van der Waals surface area contributed by atoms with Crippen LogP contribution in [0.1, 0.15) is 13.3 Å². The van der Waals surface area contributed by atoms with E-state index in [-0.39, 0.29) is 18.1 Å². The molecule has 1 N–H and O–H groups in total. The first-order chi connectivity index (χ1) is 6.04. The van der Waals surface area contributed by atoms with Crippen molar-refractivity contribution in [2.45, 2.75) is 25.4 Å². The highest BCUT2D eigenvalue weighted by Gasteiger charge is 2.57. The molecule has 2 rings (SSSR count). The summed E-state index contributed by atoms with van der Waals surface area (Å²) in [7, 11) is 0. The molecular formula is C8H9NO4. The van der Waals surface area contributed by atoms with Crippen molar-refractivity contribution in [1.82, 2.24) is 4.90 Å². The fraction of sp³-hybridized carbons (Fsp3) is 0.625. The highest BCUT2D eigenvalue weighted by molar-refractivity contribution is 6.07. The fourth-order valence-electron chi connectivity index (χ4n) is 2.05. The van der Waals surface area contributed by atoms with E-state index in [9.17, 15) is 14.4 Å². The Kier molecular flexibility index (Phi) is 1.46. The Balaban J connectivity index is 2.32. The maximum Gasteiger partial charge on any atom is 0.327 e. The summed E-state index contributed by atoms with van der Waals surface area (Å²) in [5, 5.41) is 8.80. The molecule has 0 bridgehead atoms. The Morgan fingerprint density at radius 2 is 2.15 bits per heavy atom. The summed E-state index contributed by atoms with van der Waals surface area (Å²) >= 11 is 0. The van der Waals surface area contributed by atoms with Crippen LogP contribution in [0.3, 0.4) is 0 Å². The summed E-state index contributed by atoms with van der Waals surface area (Å²) in [6, 6.07) is -1.39. The van der Waals surface area contributed by atoms with Crippen molar-refractivity contribution < 1.29 is 19.5 Å². The van der Waals surface area contributed by atoms with Crippen molar-refractivity contribution in [3.63, 3.8) is 0 Å². The minimum absolute atomic E-state index is 0.119. The predicted molar refractivity (Wildman–Crippen MR) is 40.8 cm³/mol. The number of Topliss-reactive ketones (excluding diaryl/α,β-unsaturated/α-hetero) is 1. The third-order valence-electron chi connectivity index (χ3n) is 2.80. The molecular weight excluding hydrogens is 174 g/mol. The first-order valence-electron chi connectivity index (χ1n) is 4.11. The lowest BCUT2D eigenvalue weighted by molar-refractivity contribution is -0.158. The zero-order chi connectivity index (χ0) is 9.75. The normalized spacial score (nSPS) is 37.3. The van der Waals surface area contributed by atoms with Gasteiger partial charge in [0.25, 0.3) is 0 Å². The fourth-order valence-corrected chi connectivity index (χ4v) is 2.05. The Morgan fingerprint density at radius 1 is 1.54 bits per heavy atom.